The van der Waals surface area contributed by atoms with Gasteiger partial charge in [0.1, 0.15) is 0 Å². The van der Waals surface area contributed by atoms with E-state index in [0.29, 0.717) is 6.54 Å². The van der Waals surface area contributed by atoms with Gasteiger partial charge in [-0.15, -0.1) is 0 Å². The first-order chi connectivity index (χ1) is 8.75. The zero-order valence-electron chi connectivity index (χ0n) is 10.1. The highest BCUT2D eigenvalue weighted by molar-refractivity contribution is 6.03. The number of rotatable bonds is 2. The van der Waals surface area contributed by atoms with Crippen LogP contribution in [0, 0.1) is 0 Å². The number of hydrogen-bond acceptors (Lipinski definition) is 3. The number of amides is 2. The Bertz CT molecular complexity index is 450. The molecule has 2 amide bonds. The molecular formula is C14H16N2O2. The Morgan fingerprint density at radius 1 is 1.06 bits per heavy atom. The summed E-state index contributed by atoms with van der Waals surface area (Å²) in [7, 11) is 0. The summed E-state index contributed by atoms with van der Waals surface area (Å²) in [5.74, 6) is -0.139. The minimum absolute atomic E-state index is 0.0696. The van der Waals surface area contributed by atoms with Crippen molar-refractivity contribution < 1.29 is 9.59 Å². The van der Waals surface area contributed by atoms with Gasteiger partial charge in [0.05, 0.1) is 18.6 Å². The number of imide groups is 1. The Kier molecular flexibility index (Phi) is 2.88. The third-order valence-corrected chi connectivity index (χ3v) is 3.70. The van der Waals surface area contributed by atoms with Gasteiger partial charge in [-0.3, -0.25) is 19.8 Å². The van der Waals surface area contributed by atoms with Crippen molar-refractivity contribution in [3.05, 3.63) is 35.9 Å². The summed E-state index contributed by atoms with van der Waals surface area (Å²) in [5.41, 5.74) is 0.999. The maximum absolute atomic E-state index is 12.2. The van der Waals surface area contributed by atoms with Crippen LogP contribution in [-0.2, 0) is 16.1 Å². The average molecular weight is 244 g/mol. The molecule has 0 spiro atoms. The van der Waals surface area contributed by atoms with Gasteiger partial charge >= 0.3 is 0 Å². The van der Waals surface area contributed by atoms with Crippen molar-refractivity contribution in [2.24, 2.45) is 0 Å². The fraction of sp³-hybridized carbons (Fsp3) is 0.429. The Hall–Kier alpha value is -1.68. The van der Waals surface area contributed by atoms with Crippen molar-refractivity contribution in [1.29, 1.82) is 0 Å². The number of carbonyl (C=O) groups excluding carboxylic acids is 2. The summed E-state index contributed by atoms with van der Waals surface area (Å²) in [5, 5.41) is 3.13. The molecule has 94 valence electrons. The first kappa shape index (κ1) is 11.4. The molecule has 1 N–H and O–H groups in total. The molecule has 0 saturated carbocycles. The van der Waals surface area contributed by atoms with E-state index in [9.17, 15) is 9.59 Å². The van der Waals surface area contributed by atoms with Crippen molar-refractivity contribution in [3.63, 3.8) is 0 Å². The molecule has 0 radical (unpaired) electrons. The molecule has 4 nitrogen and oxygen atoms in total. The molecule has 4 heteroatoms. The molecule has 2 aliphatic heterocycles. The molecule has 3 rings (SSSR count). The van der Waals surface area contributed by atoms with E-state index in [1.165, 1.54) is 4.90 Å². The molecular weight excluding hydrogens is 228 g/mol. The van der Waals surface area contributed by atoms with Crippen LogP contribution in [-0.4, -0.2) is 28.8 Å². The average Bonchev–Trinajstić information content (AvgIpc) is 2.43. The number of fused-ring (bicyclic) bond motifs is 2. The van der Waals surface area contributed by atoms with Crippen LogP contribution < -0.4 is 5.32 Å². The van der Waals surface area contributed by atoms with Crippen LogP contribution in [0.2, 0.25) is 0 Å². The SMILES string of the molecule is O=C1C2CCC[C@@H](N2)C(=O)N1Cc1ccccc1. The van der Waals surface area contributed by atoms with E-state index >= 15 is 0 Å². The van der Waals surface area contributed by atoms with Crippen molar-refractivity contribution >= 4 is 11.8 Å². The molecule has 0 aliphatic carbocycles. The van der Waals surface area contributed by atoms with E-state index in [2.05, 4.69) is 5.32 Å². The van der Waals surface area contributed by atoms with Gasteiger partial charge in [0, 0.05) is 0 Å². The molecule has 0 aromatic heterocycles. The molecule has 2 fully saturated rings. The fourth-order valence-corrected chi connectivity index (χ4v) is 2.73. The number of piperidine rings is 1. The predicted molar refractivity (Wildman–Crippen MR) is 66.6 cm³/mol. The summed E-state index contributed by atoms with van der Waals surface area (Å²) in [4.78, 5) is 25.8. The molecule has 1 unspecified atom stereocenters. The summed E-state index contributed by atoms with van der Waals surface area (Å²) >= 11 is 0. The number of carbonyl (C=O) groups is 2. The smallest absolute Gasteiger partial charge is 0.246 e. The summed E-state index contributed by atoms with van der Waals surface area (Å²) in [6, 6.07) is 9.34. The number of hydrogen-bond donors (Lipinski definition) is 1. The first-order valence-electron chi connectivity index (χ1n) is 6.41. The van der Waals surface area contributed by atoms with E-state index < -0.39 is 0 Å². The molecule has 1 aromatic carbocycles. The molecule has 2 saturated heterocycles. The second-order valence-electron chi connectivity index (χ2n) is 4.95. The lowest BCUT2D eigenvalue weighted by atomic mass is 9.92. The summed E-state index contributed by atoms with van der Waals surface area (Å²) < 4.78 is 0. The van der Waals surface area contributed by atoms with Crippen molar-refractivity contribution in [3.8, 4) is 0 Å². The lowest BCUT2D eigenvalue weighted by Crippen LogP contribution is -2.64. The normalized spacial score (nSPS) is 27.4. The highest BCUT2D eigenvalue weighted by atomic mass is 16.2. The van der Waals surface area contributed by atoms with Crippen LogP contribution in [0.15, 0.2) is 30.3 Å². The minimum atomic E-state index is -0.162. The zero-order valence-corrected chi connectivity index (χ0v) is 10.1. The van der Waals surface area contributed by atoms with E-state index in [1.807, 2.05) is 30.3 Å². The highest BCUT2D eigenvalue weighted by Crippen LogP contribution is 2.23. The summed E-state index contributed by atoms with van der Waals surface area (Å²) in [6.07, 6.45) is 2.64. The van der Waals surface area contributed by atoms with Gasteiger partial charge in [0.25, 0.3) is 0 Å². The quantitative estimate of drug-likeness (QED) is 0.792. The van der Waals surface area contributed by atoms with Crippen LogP contribution in [0.25, 0.3) is 0 Å². The van der Waals surface area contributed by atoms with Crippen LogP contribution in [0.1, 0.15) is 24.8 Å². The van der Waals surface area contributed by atoms with Gasteiger partial charge in [0.2, 0.25) is 11.8 Å². The molecule has 18 heavy (non-hydrogen) atoms. The first-order valence-corrected chi connectivity index (χ1v) is 6.41. The van der Waals surface area contributed by atoms with Crippen LogP contribution in [0.3, 0.4) is 0 Å². The van der Waals surface area contributed by atoms with Crippen LogP contribution in [0.4, 0.5) is 0 Å². The van der Waals surface area contributed by atoms with Gasteiger partial charge in [-0.05, 0) is 24.8 Å². The largest absolute Gasteiger partial charge is 0.295 e. The highest BCUT2D eigenvalue weighted by Gasteiger charge is 2.42. The van der Waals surface area contributed by atoms with Gasteiger partial charge in [-0.1, -0.05) is 30.3 Å². The van der Waals surface area contributed by atoms with Gasteiger partial charge < -0.3 is 0 Å². The molecule has 1 aromatic rings. The van der Waals surface area contributed by atoms with Gasteiger partial charge in [-0.2, -0.15) is 0 Å². The van der Waals surface area contributed by atoms with Crippen molar-refractivity contribution in [2.45, 2.75) is 37.9 Å². The van der Waals surface area contributed by atoms with Crippen molar-refractivity contribution in [1.82, 2.24) is 10.2 Å². The monoisotopic (exact) mass is 244 g/mol. The summed E-state index contributed by atoms with van der Waals surface area (Å²) in [6.45, 7) is 0.396. The van der Waals surface area contributed by atoms with E-state index in [1.54, 1.807) is 0 Å². The third-order valence-electron chi connectivity index (χ3n) is 3.70. The number of nitrogens with zero attached hydrogens (tertiary/aromatic N) is 1. The van der Waals surface area contributed by atoms with Crippen LogP contribution >= 0.6 is 0 Å². The number of likely N-dealkylation sites (tertiary alicyclic amines) is 1. The minimum Gasteiger partial charge on any atom is -0.295 e. The lowest BCUT2D eigenvalue weighted by Gasteiger charge is -2.40. The number of nitrogens with one attached hydrogen (secondary N) is 1. The van der Waals surface area contributed by atoms with E-state index in [-0.39, 0.29) is 23.9 Å². The zero-order chi connectivity index (χ0) is 12.5. The number of piperazine rings is 1. The van der Waals surface area contributed by atoms with Crippen LogP contribution in [0.5, 0.6) is 0 Å². The maximum Gasteiger partial charge on any atom is 0.246 e. The number of benzene rings is 1. The van der Waals surface area contributed by atoms with Gasteiger partial charge in [0.15, 0.2) is 0 Å². The topological polar surface area (TPSA) is 49.4 Å². The van der Waals surface area contributed by atoms with E-state index in [0.717, 1.165) is 24.8 Å². The molecule has 2 bridgehead atoms. The molecule has 2 heterocycles. The fourth-order valence-electron chi connectivity index (χ4n) is 2.73. The van der Waals surface area contributed by atoms with Gasteiger partial charge in [-0.25, -0.2) is 0 Å². The Morgan fingerprint density at radius 3 is 2.28 bits per heavy atom. The Morgan fingerprint density at radius 2 is 1.67 bits per heavy atom. The molecule has 2 aliphatic rings. The standard InChI is InChI=1S/C14H16N2O2/c17-13-11-7-4-8-12(15-11)14(18)16(13)9-10-5-2-1-3-6-10/h1-3,5-6,11-12,15H,4,7-9H2/t11-,12?/m1/s1. The third kappa shape index (κ3) is 1.93. The Balaban J connectivity index is 1.82. The van der Waals surface area contributed by atoms with E-state index in [4.69, 9.17) is 0 Å². The Labute approximate surface area is 106 Å². The lowest BCUT2D eigenvalue weighted by molar-refractivity contribution is -0.154. The second-order valence-corrected chi connectivity index (χ2v) is 4.95. The van der Waals surface area contributed by atoms with Crippen molar-refractivity contribution in [2.75, 3.05) is 0 Å². The maximum atomic E-state index is 12.2. The second kappa shape index (κ2) is 4.53. The predicted octanol–water partition coefficient (Wildman–Crippen LogP) is 1.07. The molecule has 2 atom stereocenters.